The third-order valence-corrected chi connectivity index (χ3v) is 1.42. The summed E-state index contributed by atoms with van der Waals surface area (Å²) in [4.78, 5) is 14.2. The first kappa shape index (κ1) is 11.0. The molecule has 4 nitrogen and oxygen atoms in total. The van der Waals surface area contributed by atoms with Crippen molar-refractivity contribution in [3.05, 3.63) is 18.2 Å². The highest BCUT2D eigenvalue weighted by Gasteiger charge is 2.11. The molecule has 0 aromatic carbocycles. The third kappa shape index (κ3) is 1.98. The van der Waals surface area contributed by atoms with Crippen LogP contribution in [0.4, 0.5) is 0 Å². The smallest absolute Gasteiger partial charge is 0.372 e. The number of carboxylic acids is 1. The normalized spacial score (nSPS) is 9.58. The minimum absolute atomic E-state index is 0. The van der Waals surface area contributed by atoms with Crippen LogP contribution in [0.2, 0.25) is 0 Å². The summed E-state index contributed by atoms with van der Waals surface area (Å²) in [6.45, 7) is 3.82. The summed E-state index contributed by atoms with van der Waals surface area (Å²) in [7, 11) is 0. The van der Waals surface area contributed by atoms with Gasteiger partial charge in [0.2, 0.25) is 5.82 Å². The zero-order chi connectivity index (χ0) is 8.43. The van der Waals surface area contributed by atoms with Gasteiger partial charge in [-0.05, 0) is 13.8 Å². The fraction of sp³-hybridized carbons (Fsp3) is 0.429. The Morgan fingerprint density at radius 3 is 2.58 bits per heavy atom. The Balaban J connectivity index is 0.00000121. The molecule has 0 saturated carbocycles. The van der Waals surface area contributed by atoms with Crippen LogP contribution in [-0.4, -0.2) is 20.6 Å². The summed E-state index contributed by atoms with van der Waals surface area (Å²) in [5.41, 5.74) is 0. The molecule has 0 unspecified atom stereocenters. The van der Waals surface area contributed by atoms with Crippen molar-refractivity contribution in [2.24, 2.45) is 0 Å². The first-order chi connectivity index (χ1) is 5.13. The van der Waals surface area contributed by atoms with Gasteiger partial charge in [0.25, 0.3) is 0 Å². The minimum Gasteiger partial charge on any atom is -0.475 e. The molecule has 0 amide bonds. The molecule has 0 fully saturated rings. The van der Waals surface area contributed by atoms with Crippen LogP contribution in [0.3, 0.4) is 0 Å². The molecule has 0 aliphatic carbocycles. The Morgan fingerprint density at radius 1 is 1.67 bits per heavy atom. The molecule has 0 bridgehead atoms. The minimum atomic E-state index is -0.983. The van der Waals surface area contributed by atoms with Crippen LogP contribution in [-0.2, 0) is 0 Å². The Morgan fingerprint density at radius 2 is 2.25 bits per heavy atom. The van der Waals surface area contributed by atoms with Crippen molar-refractivity contribution in [3.63, 3.8) is 0 Å². The molecule has 0 spiro atoms. The second-order valence-electron chi connectivity index (χ2n) is 2.56. The molecule has 1 aromatic rings. The zero-order valence-electron chi connectivity index (χ0n) is 6.89. The lowest BCUT2D eigenvalue weighted by atomic mass is 10.4. The van der Waals surface area contributed by atoms with Crippen molar-refractivity contribution in [1.82, 2.24) is 9.55 Å². The number of carbonyl (C=O) groups is 1. The fourth-order valence-electron chi connectivity index (χ4n) is 0.895. The van der Waals surface area contributed by atoms with Crippen molar-refractivity contribution in [3.8, 4) is 0 Å². The number of aromatic carboxylic acids is 1. The largest absolute Gasteiger partial charge is 0.475 e. The number of imidazole rings is 1. The number of nitrogens with zero attached hydrogens (tertiary/aromatic N) is 2. The lowest BCUT2D eigenvalue weighted by molar-refractivity contribution is 0.0676. The number of hydrogen-bond donors (Lipinski definition) is 1. The van der Waals surface area contributed by atoms with Crippen LogP contribution in [0, 0.1) is 0 Å². The van der Waals surface area contributed by atoms with Gasteiger partial charge in [-0.1, -0.05) is 0 Å². The Bertz CT molecular complexity index is 270. The van der Waals surface area contributed by atoms with E-state index in [0.717, 1.165) is 0 Å². The Hall–Kier alpha value is -1.03. The molecule has 1 rings (SSSR count). The Labute approximate surface area is 76.6 Å². The van der Waals surface area contributed by atoms with Gasteiger partial charge in [-0.2, -0.15) is 0 Å². The SMILES string of the molecule is CC(C)n1ccnc1C(=O)O.Cl. The third-order valence-electron chi connectivity index (χ3n) is 1.42. The van der Waals surface area contributed by atoms with E-state index in [2.05, 4.69) is 4.98 Å². The summed E-state index contributed by atoms with van der Waals surface area (Å²) >= 11 is 0. The summed E-state index contributed by atoms with van der Waals surface area (Å²) < 4.78 is 1.61. The van der Waals surface area contributed by atoms with E-state index >= 15 is 0 Å². The van der Waals surface area contributed by atoms with E-state index < -0.39 is 5.97 Å². The van der Waals surface area contributed by atoms with Gasteiger partial charge in [0.05, 0.1) is 0 Å². The molecule has 1 heterocycles. The molecule has 1 aromatic heterocycles. The number of halogens is 1. The van der Waals surface area contributed by atoms with Crippen LogP contribution in [0.25, 0.3) is 0 Å². The first-order valence-corrected chi connectivity index (χ1v) is 3.39. The van der Waals surface area contributed by atoms with Crippen molar-refractivity contribution in [1.29, 1.82) is 0 Å². The first-order valence-electron chi connectivity index (χ1n) is 3.39. The highest BCUT2D eigenvalue weighted by atomic mass is 35.5. The zero-order valence-corrected chi connectivity index (χ0v) is 7.71. The number of aromatic nitrogens is 2. The quantitative estimate of drug-likeness (QED) is 0.771. The Kier molecular flexibility index (Phi) is 3.76. The van der Waals surface area contributed by atoms with Crippen LogP contribution in [0.1, 0.15) is 30.5 Å². The molecular formula is C7H11ClN2O2. The molecule has 0 atom stereocenters. The summed E-state index contributed by atoms with van der Waals surface area (Å²) in [6.07, 6.45) is 3.15. The number of hydrogen-bond acceptors (Lipinski definition) is 2. The van der Waals surface area contributed by atoms with Gasteiger partial charge in [-0.25, -0.2) is 9.78 Å². The van der Waals surface area contributed by atoms with E-state index in [1.165, 1.54) is 6.20 Å². The highest BCUT2D eigenvalue weighted by molar-refractivity contribution is 5.85. The van der Waals surface area contributed by atoms with Gasteiger partial charge >= 0.3 is 5.97 Å². The molecule has 5 heteroatoms. The highest BCUT2D eigenvalue weighted by Crippen LogP contribution is 2.06. The van der Waals surface area contributed by atoms with Crippen molar-refractivity contribution >= 4 is 18.4 Å². The summed E-state index contributed by atoms with van der Waals surface area (Å²) in [6, 6.07) is 0.142. The van der Waals surface area contributed by atoms with Gasteiger partial charge in [0.15, 0.2) is 0 Å². The van der Waals surface area contributed by atoms with Crippen LogP contribution in [0.5, 0.6) is 0 Å². The molecule has 0 aliphatic rings. The predicted octanol–water partition coefficient (Wildman–Crippen LogP) is 1.58. The second kappa shape index (κ2) is 4.11. The summed E-state index contributed by atoms with van der Waals surface area (Å²) in [5, 5.41) is 8.62. The van der Waals surface area contributed by atoms with Crippen molar-refractivity contribution in [2.75, 3.05) is 0 Å². The van der Waals surface area contributed by atoms with Gasteiger partial charge in [-0.15, -0.1) is 12.4 Å². The van der Waals surface area contributed by atoms with Gasteiger partial charge in [-0.3, -0.25) is 0 Å². The van der Waals surface area contributed by atoms with Gasteiger partial charge in [0.1, 0.15) is 0 Å². The standard InChI is InChI=1S/C7H10N2O2.ClH/c1-5(2)9-4-3-8-6(9)7(10)11;/h3-5H,1-2H3,(H,10,11);1H. The maximum atomic E-state index is 10.5. The lowest BCUT2D eigenvalue weighted by Gasteiger charge is -2.07. The average Bonchev–Trinajstić information content (AvgIpc) is 2.32. The maximum Gasteiger partial charge on any atom is 0.372 e. The van der Waals surface area contributed by atoms with E-state index in [1.807, 2.05) is 13.8 Å². The van der Waals surface area contributed by atoms with E-state index in [4.69, 9.17) is 5.11 Å². The van der Waals surface area contributed by atoms with E-state index in [-0.39, 0.29) is 24.3 Å². The van der Waals surface area contributed by atoms with Crippen molar-refractivity contribution < 1.29 is 9.90 Å². The average molecular weight is 191 g/mol. The van der Waals surface area contributed by atoms with Gasteiger partial charge in [0, 0.05) is 18.4 Å². The predicted molar refractivity (Wildman–Crippen MR) is 46.8 cm³/mol. The molecular weight excluding hydrogens is 180 g/mol. The van der Waals surface area contributed by atoms with Crippen LogP contribution in [0.15, 0.2) is 12.4 Å². The molecule has 0 saturated heterocycles. The molecule has 12 heavy (non-hydrogen) atoms. The monoisotopic (exact) mass is 190 g/mol. The second-order valence-corrected chi connectivity index (χ2v) is 2.56. The van der Waals surface area contributed by atoms with Crippen LogP contribution >= 0.6 is 12.4 Å². The number of rotatable bonds is 2. The molecule has 0 aliphatic heterocycles. The maximum absolute atomic E-state index is 10.5. The van der Waals surface area contributed by atoms with Crippen LogP contribution < -0.4 is 0 Å². The fourth-order valence-corrected chi connectivity index (χ4v) is 0.895. The lowest BCUT2D eigenvalue weighted by Crippen LogP contribution is -2.10. The number of carboxylic acid groups (broad SMARTS) is 1. The molecule has 1 N–H and O–H groups in total. The molecule has 0 radical (unpaired) electrons. The van der Waals surface area contributed by atoms with E-state index in [0.29, 0.717) is 0 Å². The molecule has 68 valence electrons. The van der Waals surface area contributed by atoms with Crippen molar-refractivity contribution in [2.45, 2.75) is 19.9 Å². The van der Waals surface area contributed by atoms with Gasteiger partial charge < -0.3 is 9.67 Å². The van der Waals surface area contributed by atoms with E-state index in [9.17, 15) is 4.79 Å². The summed E-state index contributed by atoms with van der Waals surface area (Å²) in [5.74, 6) is -0.885. The topological polar surface area (TPSA) is 55.1 Å². The van der Waals surface area contributed by atoms with E-state index in [1.54, 1.807) is 10.8 Å².